The maximum atomic E-state index is 13.1. The fourth-order valence-electron chi connectivity index (χ4n) is 1.68. The Balaban J connectivity index is 2.07. The van der Waals surface area contributed by atoms with Crippen molar-refractivity contribution in [3.63, 3.8) is 0 Å². The van der Waals surface area contributed by atoms with Gasteiger partial charge in [0.15, 0.2) is 0 Å². The van der Waals surface area contributed by atoms with Gasteiger partial charge in [0.05, 0.1) is 12.2 Å². The highest BCUT2D eigenvalue weighted by Crippen LogP contribution is 2.09. The molecule has 1 heterocycles. The molecule has 4 nitrogen and oxygen atoms in total. The number of halogens is 1. The van der Waals surface area contributed by atoms with Crippen LogP contribution < -0.4 is 5.32 Å². The van der Waals surface area contributed by atoms with Gasteiger partial charge in [0.25, 0.3) is 5.91 Å². The van der Waals surface area contributed by atoms with Crippen LogP contribution in [0.2, 0.25) is 0 Å². The number of nitrogens with zero attached hydrogens (tertiary/aromatic N) is 2. The van der Waals surface area contributed by atoms with Crippen molar-refractivity contribution >= 4 is 12.0 Å². The molecule has 5 heteroatoms. The van der Waals surface area contributed by atoms with Crippen LogP contribution in [0.5, 0.6) is 0 Å². The summed E-state index contributed by atoms with van der Waals surface area (Å²) in [5.74, 6) is -0.942. The molecule has 0 radical (unpaired) electrons. The van der Waals surface area contributed by atoms with Gasteiger partial charge in [-0.25, -0.2) is 4.39 Å². The highest BCUT2D eigenvalue weighted by Gasteiger charge is 2.09. The van der Waals surface area contributed by atoms with Crippen LogP contribution in [0.1, 0.15) is 11.3 Å². The minimum Gasteiger partial charge on any atom is -0.346 e. The van der Waals surface area contributed by atoms with E-state index in [0.29, 0.717) is 11.3 Å². The number of nitrogens with one attached hydrogen (secondary N) is 1. The number of nitriles is 1. The quantitative estimate of drug-likeness (QED) is 0.691. The largest absolute Gasteiger partial charge is 0.346 e. The smallest absolute Gasteiger partial charge is 0.262 e. The molecule has 0 atom stereocenters. The number of hydrogen-bond donors (Lipinski definition) is 1. The first kappa shape index (κ1) is 14.4. The first-order valence-electron chi connectivity index (χ1n) is 6.24. The molecule has 0 saturated heterocycles. The zero-order valence-electron chi connectivity index (χ0n) is 11.1. The average Bonchev–Trinajstić information content (AvgIpc) is 2.51. The molecule has 0 bridgehead atoms. The maximum absolute atomic E-state index is 13.1. The van der Waals surface area contributed by atoms with Gasteiger partial charge in [0, 0.05) is 6.20 Å². The van der Waals surface area contributed by atoms with Crippen molar-refractivity contribution in [2.75, 3.05) is 0 Å². The van der Waals surface area contributed by atoms with E-state index in [-0.39, 0.29) is 12.1 Å². The lowest BCUT2D eigenvalue weighted by Crippen LogP contribution is -2.24. The van der Waals surface area contributed by atoms with Crippen molar-refractivity contribution in [3.05, 3.63) is 71.3 Å². The number of amides is 1. The molecule has 0 fully saturated rings. The lowest BCUT2D eigenvalue weighted by atomic mass is 10.1. The van der Waals surface area contributed by atoms with Gasteiger partial charge in [-0.05, 0) is 35.9 Å². The van der Waals surface area contributed by atoms with Gasteiger partial charge in [0.2, 0.25) is 0 Å². The first-order chi connectivity index (χ1) is 10.2. The van der Waals surface area contributed by atoms with E-state index in [2.05, 4.69) is 10.3 Å². The third kappa shape index (κ3) is 4.25. The van der Waals surface area contributed by atoms with Crippen LogP contribution in [-0.4, -0.2) is 10.9 Å². The van der Waals surface area contributed by atoms with Crippen LogP contribution in [0.15, 0.2) is 54.2 Å². The van der Waals surface area contributed by atoms with E-state index >= 15 is 0 Å². The van der Waals surface area contributed by atoms with E-state index in [0.717, 1.165) is 0 Å². The van der Waals surface area contributed by atoms with Crippen molar-refractivity contribution in [2.45, 2.75) is 6.54 Å². The molecule has 0 aliphatic rings. The van der Waals surface area contributed by atoms with Crippen molar-refractivity contribution in [3.8, 4) is 6.07 Å². The van der Waals surface area contributed by atoms with E-state index in [4.69, 9.17) is 5.26 Å². The molecular weight excluding hydrogens is 269 g/mol. The molecule has 1 aromatic carbocycles. The predicted octanol–water partition coefficient (Wildman–Crippen LogP) is 2.44. The summed E-state index contributed by atoms with van der Waals surface area (Å²) < 4.78 is 13.1. The Morgan fingerprint density at radius 1 is 1.33 bits per heavy atom. The predicted molar refractivity (Wildman–Crippen MR) is 76.1 cm³/mol. The van der Waals surface area contributed by atoms with E-state index < -0.39 is 11.7 Å². The normalized spacial score (nSPS) is 10.8. The van der Waals surface area contributed by atoms with Gasteiger partial charge in [0.1, 0.15) is 17.5 Å². The molecule has 21 heavy (non-hydrogen) atoms. The number of benzene rings is 1. The Morgan fingerprint density at radius 2 is 2.19 bits per heavy atom. The molecule has 2 aromatic rings. The summed E-state index contributed by atoms with van der Waals surface area (Å²) in [4.78, 5) is 16.0. The van der Waals surface area contributed by atoms with Gasteiger partial charge >= 0.3 is 0 Å². The Morgan fingerprint density at radius 3 is 2.86 bits per heavy atom. The molecule has 0 aliphatic heterocycles. The monoisotopic (exact) mass is 281 g/mol. The number of pyridine rings is 1. The molecule has 0 saturated carbocycles. The summed E-state index contributed by atoms with van der Waals surface area (Å²) in [6, 6.07) is 12.8. The van der Waals surface area contributed by atoms with Crippen molar-refractivity contribution in [2.24, 2.45) is 0 Å². The number of aromatic nitrogens is 1. The zero-order valence-corrected chi connectivity index (χ0v) is 11.1. The second-order valence-corrected chi connectivity index (χ2v) is 4.23. The zero-order chi connectivity index (χ0) is 15.1. The Labute approximate surface area is 121 Å². The van der Waals surface area contributed by atoms with Gasteiger partial charge in [-0.15, -0.1) is 0 Å². The summed E-state index contributed by atoms with van der Waals surface area (Å²) in [6.45, 7) is 0.224. The van der Waals surface area contributed by atoms with E-state index in [1.807, 2.05) is 12.1 Å². The minimum absolute atomic E-state index is 0.0865. The fraction of sp³-hybridized carbons (Fsp3) is 0.0625. The van der Waals surface area contributed by atoms with Crippen LogP contribution in [-0.2, 0) is 11.3 Å². The summed E-state index contributed by atoms with van der Waals surface area (Å²) in [5, 5.41) is 11.6. The van der Waals surface area contributed by atoms with Crippen LogP contribution >= 0.6 is 0 Å². The number of hydrogen-bond acceptors (Lipinski definition) is 3. The summed E-state index contributed by atoms with van der Waals surface area (Å²) in [5.41, 5.74) is 1.06. The Kier molecular flexibility index (Phi) is 4.78. The summed E-state index contributed by atoms with van der Waals surface area (Å²) in [6.07, 6.45) is 2.96. The van der Waals surface area contributed by atoms with E-state index in [9.17, 15) is 9.18 Å². The van der Waals surface area contributed by atoms with Gasteiger partial charge < -0.3 is 5.32 Å². The average molecular weight is 281 g/mol. The maximum Gasteiger partial charge on any atom is 0.262 e. The number of carbonyl (C=O) groups is 1. The molecule has 0 spiro atoms. The molecule has 1 aromatic heterocycles. The SMILES string of the molecule is N#C/C(=C\c1cccc(F)c1)C(=O)NCc1ccccn1. The highest BCUT2D eigenvalue weighted by molar-refractivity contribution is 6.01. The first-order valence-corrected chi connectivity index (χ1v) is 6.24. The second kappa shape index (κ2) is 6.96. The Hall–Kier alpha value is -3.00. The number of rotatable bonds is 4. The topological polar surface area (TPSA) is 65.8 Å². The molecule has 0 unspecified atom stereocenters. The van der Waals surface area contributed by atoms with Gasteiger partial charge in [-0.2, -0.15) is 5.26 Å². The van der Waals surface area contributed by atoms with Crippen molar-refractivity contribution in [1.82, 2.24) is 10.3 Å². The lowest BCUT2D eigenvalue weighted by Gasteiger charge is -2.03. The second-order valence-electron chi connectivity index (χ2n) is 4.23. The summed E-state index contributed by atoms with van der Waals surface area (Å²) >= 11 is 0. The van der Waals surface area contributed by atoms with Crippen molar-refractivity contribution in [1.29, 1.82) is 5.26 Å². The van der Waals surface area contributed by atoms with E-state index in [1.54, 1.807) is 24.4 Å². The summed E-state index contributed by atoms with van der Waals surface area (Å²) in [7, 11) is 0. The highest BCUT2D eigenvalue weighted by atomic mass is 19.1. The minimum atomic E-state index is -0.521. The third-order valence-electron chi connectivity index (χ3n) is 2.68. The molecular formula is C16H12FN3O. The molecule has 2 rings (SSSR count). The van der Waals surface area contributed by atoms with Crippen LogP contribution in [0.3, 0.4) is 0 Å². The van der Waals surface area contributed by atoms with Crippen LogP contribution in [0.25, 0.3) is 6.08 Å². The molecule has 0 aliphatic carbocycles. The fourth-order valence-corrected chi connectivity index (χ4v) is 1.68. The Bertz CT molecular complexity index is 705. The standard InChI is InChI=1S/C16H12FN3O/c17-14-5-3-4-12(9-14)8-13(10-18)16(21)20-11-15-6-1-2-7-19-15/h1-9H,11H2,(H,20,21)/b13-8+. The molecule has 1 amide bonds. The molecule has 104 valence electrons. The van der Waals surface area contributed by atoms with Gasteiger partial charge in [-0.1, -0.05) is 18.2 Å². The molecule has 1 N–H and O–H groups in total. The lowest BCUT2D eigenvalue weighted by molar-refractivity contribution is -0.117. The third-order valence-corrected chi connectivity index (χ3v) is 2.68. The van der Waals surface area contributed by atoms with Crippen LogP contribution in [0.4, 0.5) is 4.39 Å². The van der Waals surface area contributed by atoms with E-state index in [1.165, 1.54) is 24.3 Å². The van der Waals surface area contributed by atoms with Crippen LogP contribution in [0, 0.1) is 17.1 Å². The van der Waals surface area contributed by atoms with Crippen molar-refractivity contribution < 1.29 is 9.18 Å². The number of carbonyl (C=O) groups excluding carboxylic acids is 1. The van der Waals surface area contributed by atoms with Gasteiger partial charge in [-0.3, -0.25) is 9.78 Å².